The Bertz CT molecular complexity index is 1530. The van der Waals surface area contributed by atoms with Crippen LogP contribution >= 0.6 is 11.3 Å². The number of carbonyl (C=O) groups excluding carboxylic acids is 2. The number of rotatable bonds is 9. The van der Waals surface area contributed by atoms with E-state index in [2.05, 4.69) is 74.9 Å². The summed E-state index contributed by atoms with van der Waals surface area (Å²) in [4.78, 5) is 36.0. The van der Waals surface area contributed by atoms with Gasteiger partial charge < -0.3 is 10.6 Å². The number of hydrogen-bond acceptors (Lipinski definition) is 7. The summed E-state index contributed by atoms with van der Waals surface area (Å²) in [7, 11) is 0. The molecular formula is C33H36N6O2S. The molecule has 216 valence electrons. The van der Waals surface area contributed by atoms with Crippen molar-refractivity contribution in [2.24, 2.45) is 0 Å². The maximum Gasteiger partial charge on any atom is 0.253 e. The summed E-state index contributed by atoms with van der Waals surface area (Å²) in [6.07, 6.45) is 12.8. The highest BCUT2D eigenvalue weighted by Crippen LogP contribution is 2.33. The maximum absolute atomic E-state index is 12.6. The third-order valence-electron chi connectivity index (χ3n) is 8.06. The third-order valence-corrected chi connectivity index (χ3v) is 8.87. The molecule has 3 N–H and O–H groups in total. The Labute approximate surface area is 250 Å². The van der Waals surface area contributed by atoms with Crippen molar-refractivity contribution in [2.45, 2.75) is 51.2 Å². The van der Waals surface area contributed by atoms with Crippen molar-refractivity contribution >= 4 is 33.9 Å². The highest BCUT2D eigenvalue weighted by Gasteiger charge is 2.23. The highest BCUT2D eigenvalue weighted by molar-refractivity contribution is 7.13. The van der Waals surface area contributed by atoms with Crippen molar-refractivity contribution in [3.8, 4) is 11.3 Å². The Hall–Kier alpha value is -3.92. The van der Waals surface area contributed by atoms with Gasteiger partial charge in [-0.25, -0.2) is 4.98 Å². The van der Waals surface area contributed by atoms with Gasteiger partial charge in [-0.3, -0.25) is 24.8 Å². The lowest BCUT2D eigenvalue weighted by atomic mass is 9.91. The van der Waals surface area contributed by atoms with Gasteiger partial charge in [0, 0.05) is 48.6 Å². The number of anilines is 1. The number of thiazole rings is 1. The number of aromatic nitrogens is 2. The predicted octanol–water partition coefficient (Wildman–Crippen LogP) is 5.10. The molecule has 2 amide bonds. The van der Waals surface area contributed by atoms with Crippen LogP contribution in [-0.4, -0.2) is 52.4 Å². The van der Waals surface area contributed by atoms with Crippen LogP contribution in [0.2, 0.25) is 0 Å². The minimum Gasteiger partial charge on any atom is -0.352 e. The van der Waals surface area contributed by atoms with Crippen molar-refractivity contribution in [3.63, 3.8) is 0 Å². The molecule has 6 rings (SSSR count). The summed E-state index contributed by atoms with van der Waals surface area (Å²) in [5, 5.41) is 11.9. The molecule has 0 atom stereocenters. The first-order valence-corrected chi connectivity index (χ1v) is 15.6. The number of benzene rings is 1. The van der Waals surface area contributed by atoms with Crippen LogP contribution in [-0.2, 0) is 24.3 Å². The summed E-state index contributed by atoms with van der Waals surface area (Å²) in [6, 6.07) is 11.3. The standard InChI is InChI=1S/C33H36N6O2S/c1-2-30(40)38-33-36-26(21-42-33)19-35-25-13-16-39(17-14-25)20-22-8-10-24(11-9-22)31-27(23-6-4-3-5-7-23)18-28-29(37-31)12-15-34-32(28)41/h2,4,6-11,18,21,25,35H,1,3,5,12-17,19-20H2,(H,34,41)(H,36,38,40). The predicted molar refractivity (Wildman–Crippen MR) is 168 cm³/mol. The number of allylic oxidation sites excluding steroid dienone is 4. The molecule has 0 saturated carbocycles. The van der Waals surface area contributed by atoms with Gasteiger partial charge in [-0.2, -0.15) is 0 Å². The Morgan fingerprint density at radius 1 is 1.14 bits per heavy atom. The fourth-order valence-electron chi connectivity index (χ4n) is 5.75. The van der Waals surface area contributed by atoms with Crippen molar-refractivity contribution in [3.05, 3.63) is 94.7 Å². The van der Waals surface area contributed by atoms with Crippen molar-refractivity contribution < 1.29 is 9.59 Å². The van der Waals surface area contributed by atoms with Crippen LogP contribution in [0.4, 0.5) is 5.13 Å². The molecule has 42 heavy (non-hydrogen) atoms. The molecule has 1 fully saturated rings. The lowest BCUT2D eigenvalue weighted by Gasteiger charge is -2.32. The summed E-state index contributed by atoms with van der Waals surface area (Å²) < 4.78 is 0. The number of pyridine rings is 1. The molecule has 8 nitrogen and oxygen atoms in total. The smallest absolute Gasteiger partial charge is 0.253 e. The molecule has 2 aliphatic heterocycles. The molecule has 1 saturated heterocycles. The molecule has 0 spiro atoms. The highest BCUT2D eigenvalue weighted by atomic mass is 32.1. The second kappa shape index (κ2) is 12.9. The number of hydrogen-bond donors (Lipinski definition) is 3. The van der Waals surface area contributed by atoms with Gasteiger partial charge in [0.05, 0.1) is 22.6 Å². The van der Waals surface area contributed by atoms with Gasteiger partial charge >= 0.3 is 0 Å². The average Bonchev–Trinajstić information content (AvgIpc) is 3.48. The Morgan fingerprint density at radius 3 is 2.74 bits per heavy atom. The van der Waals surface area contributed by atoms with Crippen LogP contribution < -0.4 is 16.0 Å². The molecule has 4 heterocycles. The van der Waals surface area contributed by atoms with E-state index in [9.17, 15) is 9.59 Å². The molecule has 3 aromatic rings. The average molecular weight is 581 g/mol. The van der Waals surface area contributed by atoms with Crippen molar-refractivity contribution in [1.29, 1.82) is 0 Å². The Balaban J connectivity index is 1.06. The summed E-state index contributed by atoms with van der Waals surface area (Å²) in [5.74, 6) is -0.270. The van der Waals surface area contributed by atoms with Gasteiger partial charge in [-0.15, -0.1) is 11.3 Å². The molecule has 0 bridgehead atoms. The molecule has 0 radical (unpaired) electrons. The maximum atomic E-state index is 12.6. The van der Waals surface area contributed by atoms with Gasteiger partial charge in [-0.05, 0) is 62.1 Å². The number of carbonyl (C=O) groups is 2. The summed E-state index contributed by atoms with van der Waals surface area (Å²) in [5.41, 5.74) is 8.01. The van der Waals surface area contributed by atoms with Crippen molar-refractivity contribution in [1.82, 2.24) is 25.5 Å². The number of likely N-dealkylation sites (tertiary alicyclic amines) is 1. The van der Waals surface area contributed by atoms with E-state index in [1.54, 1.807) is 0 Å². The van der Waals surface area contributed by atoms with Crippen LogP contribution in [0.3, 0.4) is 0 Å². The van der Waals surface area contributed by atoms with Gasteiger partial charge in [0.2, 0.25) is 5.91 Å². The first kappa shape index (κ1) is 28.2. The quantitative estimate of drug-likeness (QED) is 0.305. The van der Waals surface area contributed by atoms with Crippen LogP contribution in [0, 0.1) is 0 Å². The molecule has 0 unspecified atom stereocenters. The van der Waals surface area contributed by atoms with E-state index < -0.39 is 0 Å². The van der Waals surface area contributed by atoms with E-state index in [0.717, 1.165) is 85.5 Å². The number of fused-ring (bicyclic) bond motifs is 1. The fourth-order valence-corrected chi connectivity index (χ4v) is 6.47. The Morgan fingerprint density at radius 2 is 1.98 bits per heavy atom. The van der Waals surface area contributed by atoms with Gasteiger partial charge in [-0.1, -0.05) is 49.1 Å². The largest absolute Gasteiger partial charge is 0.352 e. The third kappa shape index (κ3) is 6.59. The van der Waals surface area contributed by atoms with E-state index >= 15 is 0 Å². The molecule has 2 aromatic heterocycles. The number of amides is 2. The molecule has 1 aromatic carbocycles. The van der Waals surface area contributed by atoms with Crippen LogP contribution in [0.25, 0.3) is 16.8 Å². The second-order valence-corrected chi connectivity index (χ2v) is 11.8. The van der Waals surface area contributed by atoms with Crippen LogP contribution in [0.15, 0.2) is 66.6 Å². The minimum absolute atomic E-state index is 0.0298. The zero-order valence-electron chi connectivity index (χ0n) is 23.7. The Kier molecular flexibility index (Phi) is 8.69. The van der Waals surface area contributed by atoms with Gasteiger partial charge in [0.25, 0.3) is 5.91 Å². The number of piperidine rings is 1. The van der Waals surface area contributed by atoms with Crippen molar-refractivity contribution in [2.75, 3.05) is 25.0 Å². The summed E-state index contributed by atoms with van der Waals surface area (Å²) >= 11 is 1.43. The minimum atomic E-state index is -0.240. The number of nitrogens with zero attached hydrogens (tertiary/aromatic N) is 3. The SMILES string of the molecule is C=CC(=O)Nc1nc(CNC2CCN(Cc3ccc(-c4nc5c(cc4C4=CCCC=C4)C(=O)NCC5)cc3)CC2)cs1. The zero-order valence-corrected chi connectivity index (χ0v) is 24.5. The van der Waals surface area contributed by atoms with E-state index in [1.165, 1.54) is 23.0 Å². The fraction of sp³-hybridized carbons (Fsp3) is 0.333. The van der Waals surface area contributed by atoms with E-state index in [-0.39, 0.29) is 11.8 Å². The first-order chi connectivity index (χ1) is 20.6. The monoisotopic (exact) mass is 580 g/mol. The van der Waals surface area contributed by atoms with Crippen LogP contribution in [0.1, 0.15) is 58.6 Å². The lowest BCUT2D eigenvalue weighted by molar-refractivity contribution is -0.111. The number of nitrogens with one attached hydrogen (secondary N) is 3. The van der Waals surface area contributed by atoms with Crippen LogP contribution in [0.5, 0.6) is 0 Å². The molecule has 1 aliphatic carbocycles. The van der Waals surface area contributed by atoms with E-state index in [1.807, 2.05) is 11.4 Å². The lowest BCUT2D eigenvalue weighted by Crippen LogP contribution is -2.41. The van der Waals surface area contributed by atoms with E-state index in [0.29, 0.717) is 29.8 Å². The normalized spacial score (nSPS) is 17.3. The summed E-state index contributed by atoms with van der Waals surface area (Å²) in [6.45, 7) is 7.80. The van der Waals surface area contributed by atoms with Gasteiger partial charge in [0.15, 0.2) is 5.13 Å². The molecular weight excluding hydrogens is 544 g/mol. The van der Waals surface area contributed by atoms with Gasteiger partial charge in [0.1, 0.15) is 0 Å². The topological polar surface area (TPSA) is 99.2 Å². The van der Waals surface area contributed by atoms with E-state index in [4.69, 9.17) is 4.98 Å². The molecule has 9 heteroatoms. The first-order valence-electron chi connectivity index (χ1n) is 14.7. The second-order valence-electron chi connectivity index (χ2n) is 11.0. The molecule has 3 aliphatic rings. The zero-order chi connectivity index (χ0) is 28.9.